The summed E-state index contributed by atoms with van der Waals surface area (Å²) in [6.07, 6.45) is 3.72. The number of hydrogen-bond acceptors (Lipinski definition) is 2. The van der Waals surface area contributed by atoms with Crippen LogP contribution < -0.4 is 0 Å². The fraction of sp³-hybridized carbons (Fsp3) is 0.500. The summed E-state index contributed by atoms with van der Waals surface area (Å²) >= 11 is 2.36. The van der Waals surface area contributed by atoms with Gasteiger partial charge >= 0.3 is 0 Å². The van der Waals surface area contributed by atoms with Gasteiger partial charge in [-0.3, -0.25) is 4.98 Å². The Morgan fingerprint density at radius 2 is 2.15 bits per heavy atom. The Bertz CT molecular complexity index is 253. The van der Waals surface area contributed by atoms with Gasteiger partial charge in [-0.15, -0.1) is 0 Å². The molecule has 0 aromatic carbocycles. The van der Waals surface area contributed by atoms with Crippen molar-refractivity contribution in [3.05, 3.63) is 30.1 Å². The van der Waals surface area contributed by atoms with Gasteiger partial charge in [-0.05, 0) is 32.4 Å². The van der Waals surface area contributed by atoms with E-state index in [4.69, 9.17) is 0 Å². The van der Waals surface area contributed by atoms with Crippen LogP contribution in [0.5, 0.6) is 0 Å². The van der Waals surface area contributed by atoms with E-state index in [1.165, 1.54) is 5.56 Å². The maximum absolute atomic E-state index is 4.09. The molecule has 1 rings (SSSR count). The van der Waals surface area contributed by atoms with Crippen molar-refractivity contribution in [1.29, 1.82) is 0 Å². The summed E-state index contributed by atoms with van der Waals surface area (Å²) in [6.45, 7) is 7.55. The first-order valence-electron chi connectivity index (χ1n) is 4.32. The van der Waals surface area contributed by atoms with E-state index in [2.05, 4.69) is 57.8 Å². The average molecular weight is 290 g/mol. The smallest absolute Gasteiger partial charge is 0.0353 e. The van der Waals surface area contributed by atoms with Crippen molar-refractivity contribution in [3.63, 3.8) is 0 Å². The molecule has 0 spiro atoms. The number of halogens is 1. The predicted octanol–water partition coefficient (Wildman–Crippen LogP) is 3.03. The second-order valence-corrected chi connectivity index (χ2v) is 5.22. The second kappa shape index (κ2) is 4.37. The molecule has 0 unspecified atom stereocenters. The van der Waals surface area contributed by atoms with Crippen LogP contribution in [-0.4, -0.2) is 13.6 Å². The van der Waals surface area contributed by atoms with Gasteiger partial charge in [0.15, 0.2) is 0 Å². The minimum atomic E-state index is 0.205. The largest absolute Gasteiger partial charge is 0.264 e. The van der Waals surface area contributed by atoms with Gasteiger partial charge in [-0.1, -0.05) is 6.07 Å². The van der Waals surface area contributed by atoms with Crippen LogP contribution in [0.3, 0.4) is 0 Å². The lowest BCUT2D eigenvalue weighted by molar-refractivity contribution is 0.295. The zero-order chi connectivity index (χ0) is 9.90. The molecule has 2 nitrogen and oxygen atoms in total. The van der Waals surface area contributed by atoms with Crippen molar-refractivity contribution in [3.8, 4) is 0 Å². The third-order valence-corrected chi connectivity index (χ3v) is 3.56. The van der Waals surface area contributed by atoms with Crippen LogP contribution in [0.4, 0.5) is 0 Å². The Balaban J connectivity index is 2.61. The molecule has 0 bridgehead atoms. The van der Waals surface area contributed by atoms with Crippen molar-refractivity contribution in [2.75, 3.05) is 0 Å². The first-order chi connectivity index (χ1) is 6.00. The lowest BCUT2D eigenvalue weighted by atomic mass is 10.1. The number of nitrogens with zero attached hydrogens (tertiary/aromatic N) is 2. The molecule has 1 aromatic rings. The third kappa shape index (κ3) is 3.60. The highest BCUT2D eigenvalue weighted by molar-refractivity contribution is 14.1. The fourth-order valence-electron chi connectivity index (χ4n) is 0.889. The van der Waals surface area contributed by atoms with Gasteiger partial charge < -0.3 is 0 Å². The molecular formula is C10H15IN2. The summed E-state index contributed by atoms with van der Waals surface area (Å²) < 4.78 is 2.28. The van der Waals surface area contributed by atoms with Gasteiger partial charge in [-0.2, -0.15) is 0 Å². The van der Waals surface area contributed by atoms with E-state index in [1.807, 2.05) is 12.3 Å². The molecule has 0 aliphatic rings. The average Bonchev–Trinajstić information content (AvgIpc) is 2.04. The Morgan fingerprint density at radius 3 is 2.62 bits per heavy atom. The van der Waals surface area contributed by atoms with Gasteiger partial charge in [0.1, 0.15) is 0 Å². The van der Waals surface area contributed by atoms with E-state index >= 15 is 0 Å². The molecule has 0 saturated carbocycles. The molecule has 1 aromatic heterocycles. The summed E-state index contributed by atoms with van der Waals surface area (Å²) in [4.78, 5) is 4.09. The van der Waals surface area contributed by atoms with Crippen molar-refractivity contribution in [2.24, 2.45) is 0 Å². The van der Waals surface area contributed by atoms with E-state index in [0.29, 0.717) is 0 Å². The van der Waals surface area contributed by atoms with Crippen molar-refractivity contribution < 1.29 is 0 Å². The molecule has 0 saturated heterocycles. The molecular weight excluding hydrogens is 275 g/mol. The second-order valence-electron chi connectivity index (χ2n) is 4.05. The first kappa shape index (κ1) is 10.9. The minimum Gasteiger partial charge on any atom is -0.264 e. The Kier molecular flexibility index (Phi) is 3.67. The van der Waals surface area contributed by atoms with E-state index in [-0.39, 0.29) is 5.54 Å². The quantitative estimate of drug-likeness (QED) is 0.615. The molecule has 0 atom stereocenters. The lowest BCUT2D eigenvalue weighted by Gasteiger charge is -2.29. The maximum atomic E-state index is 4.09. The van der Waals surface area contributed by atoms with Crippen LogP contribution in [-0.2, 0) is 6.54 Å². The highest BCUT2D eigenvalue weighted by atomic mass is 127. The molecule has 3 heteroatoms. The molecule has 0 amide bonds. The number of pyridine rings is 1. The summed E-state index contributed by atoms with van der Waals surface area (Å²) in [7, 11) is 0. The van der Waals surface area contributed by atoms with Crippen molar-refractivity contribution in [1.82, 2.24) is 8.10 Å². The standard InChI is InChI=1S/C10H15IN2/c1-10(2,3)13(11)8-9-5-4-6-12-7-9/h4-7H,8H2,1-3H3. The molecule has 0 aliphatic carbocycles. The molecule has 0 aliphatic heterocycles. The molecule has 13 heavy (non-hydrogen) atoms. The lowest BCUT2D eigenvalue weighted by Crippen LogP contribution is -2.32. The SMILES string of the molecule is CC(C)(C)N(I)Cc1cccnc1. The molecule has 72 valence electrons. The number of hydrogen-bond donors (Lipinski definition) is 0. The van der Waals surface area contributed by atoms with E-state index in [9.17, 15) is 0 Å². The van der Waals surface area contributed by atoms with E-state index < -0.39 is 0 Å². The highest BCUT2D eigenvalue weighted by Crippen LogP contribution is 2.20. The summed E-state index contributed by atoms with van der Waals surface area (Å²) in [5.74, 6) is 0. The zero-order valence-corrected chi connectivity index (χ0v) is 10.4. The number of rotatable bonds is 2. The Labute approximate surface area is 93.9 Å². The number of aromatic nitrogens is 1. The maximum Gasteiger partial charge on any atom is 0.0353 e. The Morgan fingerprint density at radius 1 is 1.46 bits per heavy atom. The third-order valence-electron chi connectivity index (χ3n) is 1.77. The molecule has 1 heterocycles. The van der Waals surface area contributed by atoms with Gasteiger partial charge in [0.05, 0.1) is 0 Å². The van der Waals surface area contributed by atoms with Gasteiger partial charge in [0.25, 0.3) is 0 Å². The molecule has 0 N–H and O–H groups in total. The molecule has 0 fully saturated rings. The van der Waals surface area contributed by atoms with Gasteiger partial charge in [-0.25, -0.2) is 3.11 Å². The first-order valence-corrected chi connectivity index (χ1v) is 5.29. The van der Waals surface area contributed by atoms with E-state index in [1.54, 1.807) is 6.20 Å². The van der Waals surface area contributed by atoms with Crippen LogP contribution in [0.2, 0.25) is 0 Å². The topological polar surface area (TPSA) is 16.1 Å². The highest BCUT2D eigenvalue weighted by Gasteiger charge is 2.18. The van der Waals surface area contributed by atoms with Crippen LogP contribution in [0, 0.1) is 0 Å². The Hall–Kier alpha value is -0.160. The van der Waals surface area contributed by atoms with E-state index in [0.717, 1.165) is 6.54 Å². The fourth-order valence-corrected chi connectivity index (χ4v) is 1.28. The van der Waals surface area contributed by atoms with Crippen LogP contribution in [0.15, 0.2) is 24.5 Å². The monoisotopic (exact) mass is 290 g/mol. The summed E-state index contributed by atoms with van der Waals surface area (Å²) in [5, 5.41) is 0. The zero-order valence-electron chi connectivity index (χ0n) is 8.29. The normalized spacial score (nSPS) is 12.1. The van der Waals surface area contributed by atoms with Gasteiger partial charge in [0.2, 0.25) is 0 Å². The summed E-state index contributed by atoms with van der Waals surface area (Å²) in [5.41, 5.74) is 1.46. The van der Waals surface area contributed by atoms with Gasteiger partial charge in [0, 0.05) is 47.3 Å². The van der Waals surface area contributed by atoms with Crippen LogP contribution in [0.1, 0.15) is 26.3 Å². The molecule has 0 radical (unpaired) electrons. The minimum absolute atomic E-state index is 0.205. The van der Waals surface area contributed by atoms with Crippen LogP contribution in [0.25, 0.3) is 0 Å². The van der Waals surface area contributed by atoms with Crippen LogP contribution >= 0.6 is 22.9 Å². The summed E-state index contributed by atoms with van der Waals surface area (Å²) in [6, 6.07) is 4.08. The van der Waals surface area contributed by atoms with Crippen molar-refractivity contribution in [2.45, 2.75) is 32.9 Å². The van der Waals surface area contributed by atoms with Crippen molar-refractivity contribution >= 4 is 22.9 Å². The predicted molar refractivity (Wildman–Crippen MR) is 63.6 cm³/mol.